The number of halogens is 1. The summed E-state index contributed by atoms with van der Waals surface area (Å²) in [4.78, 5) is 12.5. The van der Waals surface area contributed by atoms with Crippen molar-refractivity contribution in [3.05, 3.63) is 21.5 Å². The van der Waals surface area contributed by atoms with Crippen molar-refractivity contribution < 1.29 is 4.79 Å². The average molecular weight is 281 g/mol. The summed E-state index contributed by atoms with van der Waals surface area (Å²) in [5.74, 6) is -0.566. The van der Waals surface area contributed by atoms with Gasteiger partial charge in [-0.15, -0.1) is 16.4 Å². The maximum absolute atomic E-state index is 12.5. The summed E-state index contributed by atoms with van der Waals surface area (Å²) in [6, 6.07) is 0. The van der Waals surface area contributed by atoms with Crippen molar-refractivity contribution in [3.63, 3.8) is 0 Å². The van der Waals surface area contributed by atoms with Gasteiger partial charge < -0.3 is 5.73 Å². The van der Waals surface area contributed by atoms with Crippen molar-refractivity contribution in [1.82, 2.24) is 0 Å². The zero-order valence-corrected chi connectivity index (χ0v) is 12.0. The molecule has 0 saturated carbocycles. The van der Waals surface area contributed by atoms with E-state index in [9.17, 15) is 4.79 Å². The number of carbonyl (C=O) groups is 1. The summed E-state index contributed by atoms with van der Waals surface area (Å²) < 4.78 is 0. The molecule has 1 aliphatic rings. The molecule has 0 saturated heterocycles. The molecule has 0 aliphatic heterocycles. The smallest absolute Gasteiger partial charge is 0.172 e. The van der Waals surface area contributed by atoms with E-state index in [0.717, 1.165) is 0 Å². The second-order valence-corrected chi connectivity index (χ2v) is 5.46. The van der Waals surface area contributed by atoms with Crippen molar-refractivity contribution in [2.45, 2.75) is 18.4 Å². The first-order valence-corrected chi connectivity index (χ1v) is 6.50. The Morgan fingerprint density at radius 2 is 1.48 bits per heavy atom. The molecule has 1 aromatic carbocycles. The number of hydrogen-bond acceptors (Lipinski definition) is 2. The Hall–Kier alpha value is -0.730. The number of nitrogens with two attached hydrogens (primary N) is 1. The molecule has 1 aliphatic carbocycles. The van der Waals surface area contributed by atoms with Crippen LogP contribution in [0.15, 0.2) is 10.9 Å². The van der Waals surface area contributed by atoms with E-state index in [2.05, 4.69) is 0 Å². The molecule has 1 unspecified atom stereocenters. The van der Waals surface area contributed by atoms with Crippen molar-refractivity contribution in [2.24, 2.45) is 5.73 Å². The lowest BCUT2D eigenvalue weighted by Crippen LogP contribution is -2.57. The van der Waals surface area contributed by atoms with E-state index >= 15 is 0 Å². The molecule has 90 valence electrons. The molecule has 0 bridgehead atoms. The van der Waals surface area contributed by atoms with Crippen molar-refractivity contribution in [3.8, 4) is 0 Å². The predicted octanol–water partition coefficient (Wildman–Crippen LogP) is -3.42. The van der Waals surface area contributed by atoms with Gasteiger partial charge in [0.25, 0.3) is 0 Å². The summed E-state index contributed by atoms with van der Waals surface area (Å²) in [5, 5.41) is 0.00308. The van der Waals surface area contributed by atoms with Crippen LogP contribution in [-0.4, -0.2) is 52.9 Å². The fraction of sp³-hybridized carbons (Fsp3) is 0.250. The fourth-order valence-electron chi connectivity index (χ4n) is 2.44. The lowest BCUT2D eigenvalue weighted by atomic mass is 9.58. The zero-order chi connectivity index (χ0) is 16.1. The zero-order valence-electron chi connectivity index (χ0n) is 11.2. The van der Waals surface area contributed by atoms with Crippen molar-refractivity contribution >= 4 is 86.3 Å². The normalized spacial score (nSPS) is 22.7. The first kappa shape index (κ1) is 16.6. The molecule has 2 rings (SSSR count). The molecule has 21 heavy (non-hydrogen) atoms. The highest BCUT2D eigenvalue weighted by atomic mass is 35.5. The molecule has 2 N–H and O–H groups in total. The minimum absolute atomic E-state index is 0.00308. The Morgan fingerprint density at radius 1 is 0.952 bits per heavy atom. The maximum Gasteiger partial charge on any atom is 0.172 e. The van der Waals surface area contributed by atoms with Gasteiger partial charge in [0.15, 0.2) is 5.78 Å². The summed E-state index contributed by atoms with van der Waals surface area (Å²) in [6.45, 7) is 0. The molecule has 0 spiro atoms. The summed E-state index contributed by atoms with van der Waals surface area (Å²) in [7, 11) is 34.6. The third-order valence-corrected chi connectivity index (χ3v) is 4.22. The van der Waals surface area contributed by atoms with E-state index in [4.69, 9.17) is 64.4 Å². The monoisotopic (exact) mass is 281 g/mol. The SMILES string of the molecule is [B]C1=C([B])C(=O)C(N)(c2c([B])c([B])c([B])c([B])c2Cl)CC1. The predicted molar refractivity (Wildman–Crippen MR) is 91.6 cm³/mol. The van der Waals surface area contributed by atoms with Crippen LogP contribution in [0, 0.1) is 0 Å². The first-order chi connectivity index (χ1) is 9.62. The third-order valence-electron chi connectivity index (χ3n) is 3.83. The molecule has 12 radical (unpaired) electrons. The van der Waals surface area contributed by atoms with Gasteiger partial charge in [-0.2, -0.15) is 0 Å². The largest absolute Gasteiger partial charge is 0.315 e. The van der Waals surface area contributed by atoms with E-state index in [1.165, 1.54) is 0 Å². The van der Waals surface area contributed by atoms with Crippen LogP contribution >= 0.6 is 11.6 Å². The Bertz CT molecular complexity index is 660. The Labute approximate surface area is 137 Å². The van der Waals surface area contributed by atoms with Gasteiger partial charge in [0.2, 0.25) is 0 Å². The highest BCUT2D eigenvalue weighted by Gasteiger charge is 2.41. The molecule has 1 aromatic rings. The maximum atomic E-state index is 12.5. The summed E-state index contributed by atoms with van der Waals surface area (Å²) in [6.07, 6.45) is 0.513. The van der Waals surface area contributed by atoms with E-state index in [-0.39, 0.29) is 49.8 Å². The fourth-order valence-corrected chi connectivity index (χ4v) is 2.81. The molecule has 0 fully saturated rings. The number of Topliss-reactive ketones (excluding diaryl/α,β-unsaturated/α-hetero) is 1. The molecule has 2 nitrogen and oxygen atoms in total. The number of hydrogen-bond donors (Lipinski definition) is 1. The molecule has 1 atom stereocenters. The third kappa shape index (κ3) is 2.37. The molecular weight excluding hydrogens is 274 g/mol. The minimum Gasteiger partial charge on any atom is -0.315 e. The van der Waals surface area contributed by atoms with Crippen LogP contribution in [0.25, 0.3) is 0 Å². The van der Waals surface area contributed by atoms with E-state index in [1.807, 2.05) is 0 Å². The van der Waals surface area contributed by atoms with E-state index in [0.29, 0.717) is 6.42 Å². The van der Waals surface area contributed by atoms with Gasteiger partial charge in [-0.1, -0.05) is 28.0 Å². The number of allylic oxidation sites excluding steroid dienone is 1. The second kappa shape index (κ2) is 5.48. The van der Waals surface area contributed by atoms with Crippen LogP contribution in [0.5, 0.6) is 0 Å². The quantitative estimate of drug-likeness (QED) is 0.545. The van der Waals surface area contributed by atoms with Crippen LogP contribution in [0.2, 0.25) is 5.02 Å². The van der Waals surface area contributed by atoms with Gasteiger partial charge in [0.05, 0.1) is 0 Å². The number of carbonyl (C=O) groups excluding carboxylic acids is 1. The Kier molecular flexibility index (Phi) is 4.34. The van der Waals surface area contributed by atoms with Crippen molar-refractivity contribution in [1.29, 1.82) is 0 Å². The van der Waals surface area contributed by atoms with Gasteiger partial charge in [-0.3, -0.25) is 4.79 Å². The highest BCUT2D eigenvalue weighted by molar-refractivity contribution is 6.65. The minimum atomic E-state index is -1.54. The number of benzene rings is 1. The highest BCUT2D eigenvalue weighted by Crippen LogP contribution is 2.34. The second-order valence-electron chi connectivity index (χ2n) is 5.08. The number of ketones is 1. The van der Waals surface area contributed by atoms with Crippen LogP contribution in [-0.2, 0) is 10.3 Å². The van der Waals surface area contributed by atoms with E-state index < -0.39 is 11.3 Å². The Balaban J connectivity index is 2.76. The van der Waals surface area contributed by atoms with Gasteiger partial charge in [0.1, 0.15) is 52.6 Å². The topological polar surface area (TPSA) is 43.1 Å². The van der Waals surface area contributed by atoms with Crippen molar-refractivity contribution in [2.75, 3.05) is 0 Å². The number of rotatable bonds is 1. The summed E-state index contributed by atoms with van der Waals surface area (Å²) >= 11 is 6.19. The molecule has 0 aromatic heterocycles. The Morgan fingerprint density at radius 3 is 2.05 bits per heavy atom. The molecule has 9 heteroatoms. The van der Waals surface area contributed by atoms with Gasteiger partial charge >= 0.3 is 0 Å². The first-order valence-electron chi connectivity index (χ1n) is 6.12. The van der Waals surface area contributed by atoms with Gasteiger partial charge in [-0.05, 0) is 18.4 Å². The lowest BCUT2D eigenvalue weighted by molar-refractivity contribution is -0.120. The lowest BCUT2D eigenvalue weighted by Gasteiger charge is -2.37. The van der Waals surface area contributed by atoms with Crippen LogP contribution in [0.4, 0.5) is 0 Å². The standard InChI is InChI=1S/C12H6B6ClNO/c13-3-1-2-12(20,11(21)5(3)14)4-6(15)7(16)8(17)9(18)10(4)19/h1-2,20H2. The van der Waals surface area contributed by atoms with Crippen LogP contribution < -0.4 is 27.6 Å². The molecule has 0 amide bonds. The molecular formula is C12H6B6ClNO. The van der Waals surface area contributed by atoms with Gasteiger partial charge in [-0.25, -0.2) is 0 Å². The summed E-state index contributed by atoms with van der Waals surface area (Å²) in [5.41, 5.74) is 5.14. The molecule has 0 heterocycles. The van der Waals surface area contributed by atoms with E-state index in [1.54, 1.807) is 0 Å². The van der Waals surface area contributed by atoms with Crippen LogP contribution in [0.3, 0.4) is 0 Å². The average Bonchev–Trinajstić information content (AvgIpc) is 2.45. The van der Waals surface area contributed by atoms with Gasteiger partial charge in [0, 0.05) is 5.02 Å². The van der Waals surface area contributed by atoms with Crippen LogP contribution in [0.1, 0.15) is 18.4 Å².